The normalized spacial score (nSPS) is 17.9. The molecule has 1 aromatic rings. The molecule has 9 nitrogen and oxygen atoms in total. The molecule has 2 rings (SSSR count). The Labute approximate surface area is 163 Å². The van der Waals surface area contributed by atoms with E-state index in [-0.39, 0.29) is 11.5 Å². The molecule has 0 aromatic heterocycles. The van der Waals surface area contributed by atoms with E-state index in [1.807, 2.05) is 0 Å². The number of benzene rings is 1. The van der Waals surface area contributed by atoms with Crippen molar-refractivity contribution in [1.29, 1.82) is 0 Å². The Kier molecular flexibility index (Phi) is 7.27. The van der Waals surface area contributed by atoms with E-state index < -0.39 is 34.4 Å². The van der Waals surface area contributed by atoms with E-state index >= 15 is 0 Å². The second-order valence-electron chi connectivity index (χ2n) is 6.07. The summed E-state index contributed by atoms with van der Waals surface area (Å²) in [6, 6.07) is 2.86. The van der Waals surface area contributed by atoms with Crippen molar-refractivity contribution in [2.75, 3.05) is 39.4 Å². The first kappa shape index (κ1) is 21.5. The standard InChI is InChI=1S/C18H23NO8S/c1-24-14-8-12(9-15(25-2)18(14)26-3)4-5-17(21)27-10-16(20)19-13-6-7-28(22,23)11-13/h4-5,8-9,13H,6-7,10-11H2,1-3H3,(H,19,20). The quantitative estimate of drug-likeness (QED) is 0.486. The van der Waals surface area contributed by atoms with Gasteiger partial charge in [0.1, 0.15) is 0 Å². The molecule has 1 fully saturated rings. The fourth-order valence-corrected chi connectivity index (χ4v) is 4.40. The summed E-state index contributed by atoms with van der Waals surface area (Å²) >= 11 is 0. The van der Waals surface area contributed by atoms with Crippen molar-refractivity contribution < 1.29 is 37.0 Å². The maximum Gasteiger partial charge on any atom is 0.331 e. The van der Waals surface area contributed by atoms with E-state index in [4.69, 9.17) is 18.9 Å². The summed E-state index contributed by atoms with van der Waals surface area (Å²) in [6.45, 7) is -0.491. The summed E-state index contributed by atoms with van der Waals surface area (Å²) in [5.74, 6) is -0.0142. The first-order valence-corrected chi connectivity index (χ1v) is 10.2. The zero-order chi connectivity index (χ0) is 20.7. The minimum Gasteiger partial charge on any atom is -0.493 e. The molecular weight excluding hydrogens is 390 g/mol. The summed E-state index contributed by atoms with van der Waals surface area (Å²) in [4.78, 5) is 23.6. The Morgan fingerprint density at radius 1 is 1.14 bits per heavy atom. The van der Waals surface area contributed by atoms with Crippen molar-refractivity contribution in [3.63, 3.8) is 0 Å². The summed E-state index contributed by atoms with van der Waals surface area (Å²) in [5, 5.41) is 2.54. The highest BCUT2D eigenvalue weighted by atomic mass is 32.2. The van der Waals surface area contributed by atoms with Crippen LogP contribution in [0.25, 0.3) is 6.08 Å². The number of nitrogens with one attached hydrogen (secondary N) is 1. The van der Waals surface area contributed by atoms with Crippen LogP contribution < -0.4 is 19.5 Å². The fourth-order valence-electron chi connectivity index (χ4n) is 2.72. The molecule has 10 heteroatoms. The van der Waals surface area contributed by atoms with E-state index in [0.717, 1.165) is 6.08 Å². The number of esters is 1. The van der Waals surface area contributed by atoms with Crippen molar-refractivity contribution in [3.05, 3.63) is 23.8 Å². The summed E-state index contributed by atoms with van der Waals surface area (Å²) in [5.41, 5.74) is 0.604. The molecule has 1 aliphatic rings. The predicted molar refractivity (Wildman–Crippen MR) is 101 cm³/mol. The first-order valence-electron chi connectivity index (χ1n) is 8.42. The predicted octanol–water partition coefficient (Wildman–Crippen LogP) is 0.572. The highest BCUT2D eigenvalue weighted by Gasteiger charge is 2.28. The minimum atomic E-state index is -3.09. The second kappa shape index (κ2) is 9.45. The number of sulfone groups is 1. The zero-order valence-corrected chi connectivity index (χ0v) is 16.7. The molecule has 1 aliphatic heterocycles. The molecule has 1 heterocycles. The number of carbonyl (C=O) groups excluding carboxylic acids is 2. The lowest BCUT2D eigenvalue weighted by molar-refractivity contribution is -0.143. The molecule has 1 unspecified atom stereocenters. The molecule has 0 spiro atoms. The lowest BCUT2D eigenvalue weighted by Gasteiger charge is -2.12. The molecule has 154 valence electrons. The lowest BCUT2D eigenvalue weighted by Crippen LogP contribution is -2.38. The number of amides is 1. The molecule has 0 aliphatic carbocycles. The van der Waals surface area contributed by atoms with Gasteiger partial charge in [0, 0.05) is 12.1 Å². The Hall–Kier alpha value is -2.75. The zero-order valence-electron chi connectivity index (χ0n) is 15.9. The number of hydrogen-bond acceptors (Lipinski definition) is 8. The van der Waals surface area contributed by atoms with Gasteiger partial charge in [0.2, 0.25) is 5.75 Å². The number of ether oxygens (including phenoxy) is 4. The van der Waals surface area contributed by atoms with Gasteiger partial charge in [-0.3, -0.25) is 4.79 Å². The molecule has 1 saturated heterocycles. The van der Waals surface area contributed by atoms with Gasteiger partial charge in [0.05, 0.1) is 32.8 Å². The number of methoxy groups -OCH3 is 3. The van der Waals surface area contributed by atoms with E-state index in [1.165, 1.54) is 27.4 Å². The van der Waals surface area contributed by atoms with E-state index in [1.54, 1.807) is 12.1 Å². The molecule has 0 radical (unpaired) electrons. The molecule has 28 heavy (non-hydrogen) atoms. The van der Waals surface area contributed by atoms with E-state index in [9.17, 15) is 18.0 Å². The molecule has 0 bridgehead atoms. The van der Waals surface area contributed by atoms with Crippen molar-refractivity contribution in [2.24, 2.45) is 0 Å². The van der Waals surface area contributed by atoms with Crippen LogP contribution in [0.1, 0.15) is 12.0 Å². The van der Waals surface area contributed by atoms with Crippen molar-refractivity contribution in [2.45, 2.75) is 12.5 Å². The van der Waals surface area contributed by atoms with Gasteiger partial charge in [-0.1, -0.05) is 0 Å². The molecular formula is C18H23NO8S. The van der Waals surface area contributed by atoms with Crippen LogP contribution in [0.2, 0.25) is 0 Å². The highest BCUT2D eigenvalue weighted by molar-refractivity contribution is 7.91. The largest absolute Gasteiger partial charge is 0.493 e. The maximum absolute atomic E-state index is 11.8. The minimum absolute atomic E-state index is 0.0509. The third-order valence-corrected chi connectivity index (χ3v) is 5.81. The van der Waals surface area contributed by atoms with Gasteiger partial charge in [0.15, 0.2) is 27.9 Å². The third-order valence-electron chi connectivity index (χ3n) is 4.04. The van der Waals surface area contributed by atoms with Gasteiger partial charge in [-0.25, -0.2) is 13.2 Å². The Morgan fingerprint density at radius 2 is 1.79 bits per heavy atom. The number of rotatable bonds is 8. The van der Waals surface area contributed by atoms with Crippen molar-refractivity contribution >= 4 is 27.8 Å². The molecule has 1 amide bonds. The number of carbonyl (C=O) groups is 2. The van der Waals surface area contributed by atoms with Gasteiger partial charge in [-0.2, -0.15) is 0 Å². The van der Waals surface area contributed by atoms with Crippen LogP contribution in [0, 0.1) is 0 Å². The van der Waals surface area contributed by atoms with Crippen LogP contribution in [0.4, 0.5) is 0 Å². The van der Waals surface area contributed by atoms with E-state index in [0.29, 0.717) is 29.2 Å². The number of hydrogen-bond donors (Lipinski definition) is 1. The fraction of sp³-hybridized carbons (Fsp3) is 0.444. The lowest BCUT2D eigenvalue weighted by atomic mass is 10.1. The van der Waals surface area contributed by atoms with Crippen molar-refractivity contribution in [1.82, 2.24) is 5.32 Å². The van der Waals surface area contributed by atoms with Gasteiger partial charge in [0.25, 0.3) is 5.91 Å². The third kappa shape index (κ3) is 5.88. The average molecular weight is 413 g/mol. The van der Waals surface area contributed by atoms with Crippen LogP contribution in [0.15, 0.2) is 18.2 Å². The van der Waals surface area contributed by atoms with Gasteiger partial charge >= 0.3 is 5.97 Å². The summed E-state index contributed by atoms with van der Waals surface area (Å²) in [6.07, 6.45) is 3.01. The highest BCUT2D eigenvalue weighted by Crippen LogP contribution is 2.38. The smallest absolute Gasteiger partial charge is 0.331 e. The summed E-state index contributed by atoms with van der Waals surface area (Å²) < 4.78 is 43.3. The second-order valence-corrected chi connectivity index (χ2v) is 8.30. The monoisotopic (exact) mass is 413 g/mol. The molecule has 0 saturated carbocycles. The Morgan fingerprint density at radius 3 is 2.29 bits per heavy atom. The van der Waals surface area contributed by atoms with Gasteiger partial charge < -0.3 is 24.3 Å². The van der Waals surface area contributed by atoms with Crippen LogP contribution >= 0.6 is 0 Å². The van der Waals surface area contributed by atoms with Crippen LogP contribution in [-0.2, 0) is 24.2 Å². The van der Waals surface area contributed by atoms with Crippen LogP contribution in [-0.4, -0.2) is 65.8 Å². The molecule has 1 aromatic carbocycles. The summed E-state index contributed by atoms with van der Waals surface area (Å²) in [7, 11) is 1.35. The van der Waals surface area contributed by atoms with Gasteiger partial charge in [-0.15, -0.1) is 0 Å². The van der Waals surface area contributed by atoms with Crippen LogP contribution in [0.3, 0.4) is 0 Å². The topological polar surface area (TPSA) is 117 Å². The van der Waals surface area contributed by atoms with Crippen LogP contribution in [0.5, 0.6) is 17.2 Å². The first-order chi connectivity index (χ1) is 13.3. The average Bonchev–Trinajstić information content (AvgIpc) is 3.01. The van der Waals surface area contributed by atoms with Gasteiger partial charge in [-0.05, 0) is 30.2 Å². The molecule has 1 N–H and O–H groups in total. The van der Waals surface area contributed by atoms with E-state index in [2.05, 4.69) is 5.32 Å². The van der Waals surface area contributed by atoms with Crippen molar-refractivity contribution in [3.8, 4) is 17.2 Å². The Balaban J connectivity index is 1.90. The maximum atomic E-state index is 11.8. The Bertz CT molecular complexity index is 837. The molecule has 1 atom stereocenters. The SMILES string of the molecule is COc1cc(C=CC(=O)OCC(=O)NC2CCS(=O)(=O)C2)cc(OC)c1OC.